The van der Waals surface area contributed by atoms with Crippen molar-refractivity contribution in [3.05, 3.63) is 23.7 Å². The number of nitrogens with one attached hydrogen (secondary N) is 2. The van der Waals surface area contributed by atoms with Crippen molar-refractivity contribution in [3.63, 3.8) is 0 Å². The highest BCUT2D eigenvalue weighted by atomic mass is 19.1. The highest BCUT2D eigenvalue weighted by molar-refractivity contribution is 5.24. The number of nitrogens with zero attached hydrogens (tertiary/aromatic N) is 1. The zero-order valence-electron chi connectivity index (χ0n) is 13.4. The van der Waals surface area contributed by atoms with Crippen molar-refractivity contribution < 1.29 is 8.78 Å². The molecule has 0 aromatic carbocycles. The van der Waals surface area contributed by atoms with Gasteiger partial charge in [0.2, 0.25) is 0 Å². The summed E-state index contributed by atoms with van der Waals surface area (Å²) in [5.74, 6) is 0.0441. The van der Waals surface area contributed by atoms with Crippen molar-refractivity contribution >= 4 is 0 Å². The second-order valence-electron chi connectivity index (χ2n) is 6.72. The van der Waals surface area contributed by atoms with Gasteiger partial charge in [-0.3, -0.25) is 9.29 Å². The van der Waals surface area contributed by atoms with Crippen LogP contribution >= 0.6 is 0 Å². The van der Waals surface area contributed by atoms with Crippen LogP contribution < -0.4 is 10.6 Å². The van der Waals surface area contributed by atoms with Crippen LogP contribution in [0.3, 0.4) is 0 Å². The van der Waals surface area contributed by atoms with Crippen LogP contribution in [0, 0.1) is 11.3 Å². The predicted molar refractivity (Wildman–Crippen MR) is 82.2 cm³/mol. The van der Waals surface area contributed by atoms with Gasteiger partial charge in [-0.2, -0.15) is 0 Å². The minimum atomic E-state index is -0.382. The molecule has 0 radical (unpaired) electrons. The molecule has 2 aliphatic rings. The van der Waals surface area contributed by atoms with Gasteiger partial charge in [0.25, 0.3) is 0 Å². The Kier molecular flexibility index (Phi) is 5.04. The van der Waals surface area contributed by atoms with Gasteiger partial charge in [-0.15, -0.1) is 0 Å². The monoisotopic (exact) mass is 299 g/mol. The fourth-order valence-corrected chi connectivity index (χ4v) is 2.97. The molecule has 2 heterocycles. The Labute approximate surface area is 126 Å². The molecule has 2 rings (SSSR count). The summed E-state index contributed by atoms with van der Waals surface area (Å²) in [6.45, 7) is 10.0. The summed E-state index contributed by atoms with van der Waals surface area (Å²) < 4.78 is 27.0. The average molecular weight is 299 g/mol. The fraction of sp³-hybridized carbons (Fsp3) is 0.750. The summed E-state index contributed by atoms with van der Waals surface area (Å²) in [5.41, 5.74) is 0.183. The topological polar surface area (TPSA) is 27.3 Å². The second-order valence-corrected chi connectivity index (χ2v) is 6.72. The first-order chi connectivity index (χ1) is 9.88. The van der Waals surface area contributed by atoms with Gasteiger partial charge in [0.05, 0.1) is 12.8 Å². The van der Waals surface area contributed by atoms with E-state index in [1.807, 2.05) is 13.0 Å². The smallest absolute Gasteiger partial charge is 0.141 e. The van der Waals surface area contributed by atoms with Crippen LogP contribution in [0.1, 0.15) is 27.7 Å². The van der Waals surface area contributed by atoms with Crippen molar-refractivity contribution in [1.29, 1.82) is 0 Å². The minimum Gasteiger partial charge on any atom is -0.368 e. The number of hydrogen-bond donors (Lipinski definition) is 2. The number of rotatable bonds is 4. The van der Waals surface area contributed by atoms with Crippen LogP contribution in [-0.4, -0.2) is 43.4 Å². The first-order valence-corrected chi connectivity index (χ1v) is 7.73. The lowest BCUT2D eigenvalue weighted by Gasteiger charge is -2.47. The third kappa shape index (κ3) is 3.29. The van der Waals surface area contributed by atoms with E-state index < -0.39 is 0 Å². The molecular formula is C16H27F2N3. The van der Waals surface area contributed by atoms with E-state index in [0.717, 1.165) is 19.6 Å². The summed E-state index contributed by atoms with van der Waals surface area (Å²) in [7, 11) is 0. The predicted octanol–water partition coefficient (Wildman–Crippen LogP) is 2.58. The molecule has 1 saturated heterocycles. The molecule has 0 spiro atoms. The third-order valence-corrected chi connectivity index (χ3v) is 5.15. The van der Waals surface area contributed by atoms with Crippen LogP contribution in [-0.2, 0) is 0 Å². The third-order valence-electron chi connectivity index (χ3n) is 5.15. The largest absolute Gasteiger partial charge is 0.368 e. The molecule has 21 heavy (non-hydrogen) atoms. The number of dihydropyridines is 1. The normalized spacial score (nSPS) is 30.4. The molecule has 2 aliphatic heterocycles. The Morgan fingerprint density at radius 1 is 1.48 bits per heavy atom. The van der Waals surface area contributed by atoms with E-state index in [9.17, 15) is 8.78 Å². The molecule has 0 aromatic rings. The van der Waals surface area contributed by atoms with E-state index >= 15 is 0 Å². The summed E-state index contributed by atoms with van der Waals surface area (Å²) in [6, 6.07) is 0.0995. The number of piperazine rings is 1. The fourth-order valence-electron chi connectivity index (χ4n) is 2.97. The molecule has 1 fully saturated rings. The van der Waals surface area contributed by atoms with E-state index in [1.165, 1.54) is 6.08 Å². The number of halogens is 2. The van der Waals surface area contributed by atoms with Crippen molar-refractivity contribution in [3.8, 4) is 0 Å². The first kappa shape index (κ1) is 16.4. The van der Waals surface area contributed by atoms with Gasteiger partial charge in [-0.25, -0.2) is 4.39 Å². The Bertz CT molecular complexity index is 433. The minimum absolute atomic E-state index is 0.00914. The summed E-state index contributed by atoms with van der Waals surface area (Å²) in [4.78, 5) is 2.25. The van der Waals surface area contributed by atoms with Crippen LogP contribution in [0.5, 0.6) is 0 Å². The van der Waals surface area contributed by atoms with Crippen molar-refractivity contribution in [2.24, 2.45) is 11.3 Å². The highest BCUT2D eigenvalue weighted by Crippen LogP contribution is 2.33. The highest BCUT2D eigenvalue weighted by Gasteiger charge is 2.40. The maximum absolute atomic E-state index is 13.6. The first-order valence-electron chi connectivity index (χ1n) is 7.73. The zero-order chi connectivity index (χ0) is 15.6. The summed E-state index contributed by atoms with van der Waals surface area (Å²) in [5, 5.41) is 6.64. The molecule has 0 saturated carbocycles. The molecule has 0 aliphatic carbocycles. The van der Waals surface area contributed by atoms with Crippen molar-refractivity contribution in [1.82, 2.24) is 15.5 Å². The molecular weight excluding hydrogens is 272 g/mol. The molecule has 0 aromatic heterocycles. The van der Waals surface area contributed by atoms with Gasteiger partial charge in [0, 0.05) is 36.8 Å². The van der Waals surface area contributed by atoms with Crippen molar-refractivity contribution in [2.75, 3.05) is 26.3 Å². The van der Waals surface area contributed by atoms with Gasteiger partial charge in [-0.05, 0) is 25.0 Å². The zero-order valence-corrected chi connectivity index (χ0v) is 13.4. The Hall–Kier alpha value is -0.940. The SMILES string of the molecule is CC1=C(F)C=CC(N2CCNC(C(C)(CF)C(C)C)C2)N1. The molecule has 120 valence electrons. The molecule has 2 N–H and O–H groups in total. The van der Waals surface area contributed by atoms with Crippen LogP contribution in [0.4, 0.5) is 8.78 Å². The van der Waals surface area contributed by atoms with Gasteiger partial charge < -0.3 is 10.6 Å². The summed E-state index contributed by atoms with van der Waals surface area (Å²) in [6.07, 6.45) is 3.35. The van der Waals surface area contributed by atoms with Crippen molar-refractivity contribution in [2.45, 2.75) is 39.9 Å². The van der Waals surface area contributed by atoms with E-state index in [4.69, 9.17) is 0 Å². The van der Waals surface area contributed by atoms with Crippen LogP contribution in [0.25, 0.3) is 0 Å². The standard InChI is InChI=1S/C16H27F2N3/c1-11(2)16(4,10-17)14-9-21(8-7-19-14)15-6-5-13(18)12(3)20-15/h5-6,11,14-15,19-20H,7-10H2,1-4H3. The molecule has 5 heteroatoms. The van der Waals surface area contributed by atoms with Crippen LogP contribution in [0.2, 0.25) is 0 Å². The molecule has 3 unspecified atom stereocenters. The van der Waals surface area contributed by atoms with E-state index in [0.29, 0.717) is 5.70 Å². The Morgan fingerprint density at radius 2 is 2.19 bits per heavy atom. The molecule has 0 bridgehead atoms. The van der Waals surface area contributed by atoms with E-state index in [2.05, 4.69) is 29.4 Å². The molecule has 3 nitrogen and oxygen atoms in total. The lowest BCUT2D eigenvalue weighted by atomic mass is 9.73. The Morgan fingerprint density at radius 3 is 2.76 bits per heavy atom. The van der Waals surface area contributed by atoms with Crippen LogP contribution in [0.15, 0.2) is 23.7 Å². The average Bonchev–Trinajstić information content (AvgIpc) is 2.49. The van der Waals surface area contributed by atoms with E-state index in [1.54, 1.807) is 6.92 Å². The molecule has 3 atom stereocenters. The quantitative estimate of drug-likeness (QED) is 0.835. The molecule has 0 amide bonds. The number of allylic oxidation sites excluding steroid dienone is 3. The van der Waals surface area contributed by atoms with Gasteiger partial charge >= 0.3 is 0 Å². The van der Waals surface area contributed by atoms with Gasteiger partial charge in [0.15, 0.2) is 0 Å². The van der Waals surface area contributed by atoms with Gasteiger partial charge in [0.1, 0.15) is 5.83 Å². The lowest BCUT2D eigenvalue weighted by Crippen LogP contribution is -2.62. The maximum atomic E-state index is 13.6. The summed E-state index contributed by atoms with van der Waals surface area (Å²) >= 11 is 0. The number of hydrogen-bond acceptors (Lipinski definition) is 3. The van der Waals surface area contributed by atoms with E-state index in [-0.39, 0.29) is 36.0 Å². The maximum Gasteiger partial charge on any atom is 0.141 e. The number of alkyl halides is 1. The van der Waals surface area contributed by atoms with Gasteiger partial charge in [-0.1, -0.05) is 20.8 Å². The Balaban J connectivity index is 2.07. The lowest BCUT2D eigenvalue weighted by molar-refractivity contribution is 0.0401. The second kappa shape index (κ2) is 6.44.